The van der Waals surface area contributed by atoms with E-state index in [9.17, 15) is 10.2 Å². The van der Waals surface area contributed by atoms with Gasteiger partial charge in [-0.2, -0.15) is 0 Å². The molecule has 118 valence electrons. The Labute approximate surface area is 125 Å². The minimum absolute atomic E-state index is 0.0263. The second-order valence-electron chi connectivity index (χ2n) is 7.72. The van der Waals surface area contributed by atoms with Crippen LogP contribution >= 0.6 is 0 Å². The molecule has 4 unspecified atom stereocenters. The van der Waals surface area contributed by atoms with Crippen molar-refractivity contribution >= 4 is 0 Å². The number of aliphatic hydroxyl groups excluding tert-OH is 2. The van der Waals surface area contributed by atoms with Crippen LogP contribution < -0.4 is 0 Å². The second-order valence-corrected chi connectivity index (χ2v) is 7.72. The lowest BCUT2D eigenvalue weighted by Gasteiger charge is -2.45. The molecular formula is C18H34O2. The van der Waals surface area contributed by atoms with E-state index >= 15 is 0 Å². The molecule has 0 bridgehead atoms. The van der Waals surface area contributed by atoms with Crippen molar-refractivity contribution in [2.45, 2.75) is 96.7 Å². The molecule has 0 aromatic heterocycles. The summed E-state index contributed by atoms with van der Waals surface area (Å²) in [6, 6.07) is 0. The second kappa shape index (κ2) is 7.26. The predicted octanol–water partition coefficient (Wildman–Crippen LogP) is 4.29. The van der Waals surface area contributed by atoms with Gasteiger partial charge in [0.2, 0.25) is 0 Å². The minimum atomic E-state index is -0.179. The van der Waals surface area contributed by atoms with Crippen molar-refractivity contribution in [3.8, 4) is 0 Å². The number of aliphatic hydroxyl groups is 2. The van der Waals surface area contributed by atoms with Crippen molar-refractivity contribution in [3.05, 3.63) is 0 Å². The van der Waals surface area contributed by atoms with Gasteiger partial charge in [-0.3, -0.25) is 0 Å². The Balaban J connectivity index is 2.07. The molecule has 2 nitrogen and oxygen atoms in total. The average molecular weight is 282 g/mol. The fourth-order valence-electron chi connectivity index (χ4n) is 4.44. The van der Waals surface area contributed by atoms with E-state index in [0.717, 1.165) is 25.7 Å². The molecule has 0 amide bonds. The highest BCUT2D eigenvalue weighted by Gasteiger charge is 2.41. The van der Waals surface area contributed by atoms with Crippen molar-refractivity contribution in [2.75, 3.05) is 0 Å². The largest absolute Gasteiger partial charge is 0.393 e. The summed E-state index contributed by atoms with van der Waals surface area (Å²) in [5.74, 6) is 0.991. The lowest BCUT2D eigenvalue weighted by molar-refractivity contribution is -0.0566. The summed E-state index contributed by atoms with van der Waals surface area (Å²) in [6.07, 6.45) is 12.7. The Hall–Kier alpha value is -0.0800. The molecule has 2 N–H and O–H groups in total. The van der Waals surface area contributed by atoms with Gasteiger partial charge in [-0.05, 0) is 55.8 Å². The standard InChI is InChI=1S/C18H34O2/c1-14-10-11-17(20)18(2,13-12-16(14)19)15-8-6-4-3-5-7-9-15/h14-17,19-20H,3-13H2,1-2H3. The molecule has 0 aromatic rings. The van der Waals surface area contributed by atoms with Gasteiger partial charge in [-0.1, -0.05) is 46.0 Å². The Kier molecular flexibility index (Phi) is 5.92. The van der Waals surface area contributed by atoms with Crippen LogP contribution in [0.15, 0.2) is 0 Å². The molecule has 0 aromatic carbocycles. The zero-order chi connectivity index (χ0) is 14.6. The molecule has 0 saturated heterocycles. The van der Waals surface area contributed by atoms with Gasteiger partial charge in [-0.15, -0.1) is 0 Å². The van der Waals surface area contributed by atoms with Gasteiger partial charge in [0, 0.05) is 0 Å². The molecule has 2 fully saturated rings. The number of hydrogen-bond acceptors (Lipinski definition) is 2. The molecule has 4 atom stereocenters. The maximum atomic E-state index is 10.8. The van der Waals surface area contributed by atoms with Crippen LogP contribution in [-0.4, -0.2) is 22.4 Å². The number of hydrogen-bond donors (Lipinski definition) is 2. The Morgan fingerprint density at radius 2 is 1.40 bits per heavy atom. The summed E-state index contributed by atoms with van der Waals surface area (Å²) in [5, 5.41) is 21.0. The van der Waals surface area contributed by atoms with Gasteiger partial charge >= 0.3 is 0 Å². The lowest BCUT2D eigenvalue weighted by Crippen LogP contribution is -2.42. The van der Waals surface area contributed by atoms with Crippen LogP contribution in [0, 0.1) is 17.3 Å². The van der Waals surface area contributed by atoms with E-state index < -0.39 is 0 Å². The highest BCUT2D eigenvalue weighted by atomic mass is 16.3. The van der Waals surface area contributed by atoms with E-state index in [2.05, 4.69) is 13.8 Å². The zero-order valence-electron chi connectivity index (χ0n) is 13.5. The van der Waals surface area contributed by atoms with Crippen molar-refractivity contribution in [2.24, 2.45) is 17.3 Å². The molecule has 0 heterocycles. The van der Waals surface area contributed by atoms with Crippen LogP contribution in [0.1, 0.15) is 84.5 Å². The van der Waals surface area contributed by atoms with Gasteiger partial charge in [-0.25, -0.2) is 0 Å². The average Bonchev–Trinajstić information content (AvgIpc) is 2.40. The van der Waals surface area contributed by atoms with Crippen LogP contribution in [0.25, 0.3) is 0 Å². The first-order valence-corrected chi connectivity index (χ1v) is 8.90. The smallest absolute Gasteiger partial charge is 0.0596 e. The summed E-state index contributed by atoms with van der Waals surface area (Å²) >= 11 is 0. The molecule has 2 heteroatoms. The van der Waals surface area contributed by atoms with Crippen molar-refractivity contribution in [1.82, 2.24) is 0 Å². The van der Waals surface area contributed by atoms with Crippen LogP contribution in [0.3, 0.4) is 0 Å². The molecule has 2 rings (SSSR count). The van der Waals surface area contributed by atoms with Crippen LogP contribution in [0.4, 0.5) is 0 Å². The highest BCUT2D eigenvalue weighted by molar-refractivity contribution is 4.92. The highest BCUT2D eigenvalue weighted by Crippen LogP contribution is 2.46. The maximum Gasteiger partial charge on any atom is 0.0596 e. The summed E-state index contributed by atoms with van der Waals surface area (Å²) < 4.78 is 0. The Bertz CT molecular complexity index is 283. The molecule has 0 radical (unpaired) electrons. The quantitative estimate of drug-likeness (QED) is 0.753. The van der Waals surface area contributed by atoms with Gasteiger partial charge in [0.15, 0.2) is 0 Å². The normalized spacial score (nSPS) is 42.3. The predicted molar refractivity (Wildman–Crippen MR) is 83.6 cm³/mol. The summed E-state index contributed by atoms with van der Waals surface area (Å²) in [7, 11) is 0. The van der Waals surface area contributed by atoms with Crippen LogP contribution in [0.5, 0.6) is 0 Å². The van der Waals surface area contributed by atoms with E-state index in [4.69, 9.17) is 0 Å². The van der Waals surface area contributed by atoms with Crippen molar-refractivity contribution < 1.29 is 10.2 Å². The van der Waals surface area contributed by atoms with E-state index in [0.29, 0.717) is 11.8 Å². The summed E-state index contributed by atoms with van der Waals surface area (Å²) in [6.45, 7) is 4.42. The molecular weight excluding hydrogens is 248 g/mol. The zero-order valence-corrected chi connectivity index (χ0v) is 13.5. The van der Waals surface area contributed by atoms with E-state index in [1.165, 1.54) is 44.9 Å². The molecule has 2 saturated carbocycles. The lowest BCUT2D eigenvalue weighted by atomic mass is 9.63. The monoisotopic (exact) mass is 282 g/mol. The van der Waals surface area contributed by atoms with Gasteiger partial charge in [0.05, 0.1) is 12.2 Å². The topological polar surface area (TPSA) is 40.5 Å². The van der Waals surface area contributed by atoms with E-state index in [1.54, 1.807) is 0 Å². The van der Waals surface area contributed by atoms with Gasteiger partial charge in [0.25, 0.3) is 0 Å². The van der Waals surface area contributed by atoms with E-state index in [1.807, 2.05) is 0 Å². The summed E-state index contributed by atoms with van der Waals surface area (Å²) in [5.41, 5.74) is 0.0263. The van der Waals surface area contributed by atoms with Crippen molar-refractivity contribution in [3.63, 3.8) is 0 Å². The number of rotatable bonds is 1. The first-order valence-electron chi connectivity index (χ1n) is 8.90. The van der Waals surface area contributed by atoms with E-state index in [-0.39, 0.29) is 17.6 Å². The molecule has 0 aliphatic heterocycles. The fraction of sp³-hybridized carbons (Fsp3) is 1.00. The first kappa shape index (κ1) is 16.3. The van der Waals surface area contributed by atoms with Gasteiger partial charge in [0.1, 0.15) is 0 Å². The third-order valence-electron chi connectivity index (χ3n) is 6.33. The maximum absolute atomic E-state index is 10.8. The van der Waals surface area contributed by atoms with Gasteiger partial charge < -0.3 is 10.2 Å². The minimum Gasteiger partial charge on any atom is -0.393 e. The Morgan fingerprint density at radius 1 is 0.800 bits per heavy atom. The fourth-order valence-corrected chi connectivity index (χ4v) is 4.44. The third-order valence-corrected chi connectivity index (χ3v) is 6.33. The van der Waals surface area contributed by atoms with Crippen molar-refractivity contribution in [1.29, 1.82) is 0 Å². The third kappa shape index (κ3) is 3.76. The first-order chi connectivity index (χ1) is 9.54. The molecule has 2 aliphatic rings. The molecule has 20 heavy (non-hydrogen) atoms. The Morgan fingerprint density at radius 3 is 2.05 bits per heavy atom. The SMILES string of the molecule is CC1CCC(O)C(C)(C2CCCCCCC2)CCC1O. The van der Waals surface area contributed by atoms with Crippen LogP contribution in [0.2, 0.25) is 0 Å². The summed E-state index contributed by atoms with van der Waals surface area (Å²) in [4.78, 5) is 0. The molecule has 2 aliphatic carbocycles. The van der Waals surface area contributed by atoms with Crippen LogP contribution in [-0.2, 0) is 0 Å². The molecule has 0 spiro atoms.